The van der Waals surface area contributed by atoms with Crippen LogP contribution in [-0.4, -0.2) is 36.3 Å². The second kappa shape index (κ2) is 9.81. The van der Waals surface area contributed by atoms with Crippen LogP contribution >= 0.6 is 0 Å². The van der Waals surface area contributed by atoms with Crippen LogP contribution in [0.4, 0.5) is 0 Å². The standard InChI is InChI=1S/C10H11N3O5/c1-2-3-4-8(11-5-14)9(12-6-15)10(17)18-13-7-16/h8-9H,2-4H2,1H3. The van der Waals surface area contributed by atoms with Crippen molar-refractivity contribution in [1.29, 1.82) is 0 Å². The van der Waals surface area contributed by atoms with Crippen LogP contribution < -0.4 is 0 Å². The van der Waals surface area contributed by atoms with Gasteiger partial charge < -0.3 is 4.84 Å². The fourth-order valence-corrected chi connectivity index (χ4v) is 1.24. The van der Waals surface area contributed by atoms with Crippen molar-refractivity contribution in [2.24, 2.45) is 15.1 Å². The predicted octanol–water partition coefficient (Wildman–Crippen LogP) is 0.379. The molecule has 0 spiro atoms. The van der Waals surface area contributed by atoms with Crippen LogP contribution in [0.25, 0.3) is 0 Å². The molecule has 0 aliphatic rings. The first-order valence-corrected chi connectivity index (χ1v) is 5.13. The molecular weight excluding hydrogens is 242 g/mol. The Hall–Kier alpha value is -2.39. The molecule has 0 saturated heterocycles. The van der Waals surface area contributed by atoms with E-state index in [0.717, 1.165) is 12.5 Å². The van der Waals surface area contributed by atoms with Gasteiger partial charge in [0.25, 0.3) is 6.08 Å². The Bertz CT molecular complexity index is 417. The maximum atomic E-state index is 11.4. The third kappa shape index (κ3) is 5.63. The zero-order valence-electron chi connectivity index (χ0n) is 9.66. The SMILES string of the molecule is CCCCC(N=C=O)C(N=C=O)C(=O)ON=C=O. The van der Waals surface area contributed by atoms with Gasteiger partial charge in [0, 0.05) is 5.16 Å². The van der Waals surface area contributed by atoms with Gasteiger partial charge in [-0.15, -0.1) is 0 Å². The van der Waals surface area contributed by atoms with E-state index in [2.05, 4.69) is 20.0 Å². The topological polar surface area (TPSA) is 115 Å². The number of carbonyl (C=O) groups is 1. The molecule has 0 saturated carbocycles. The summed E-state index contributed by atoms with van der Waals surface area (Å²) in [6.07, 6.45) is 5.26. The fourth-order valence-electron chi connectivity index (χ4n) is 1.24. The average molecular weight is 253 g/mol. The highest BCUT2D eigenvalue weighted by molar-refractivity contribution is 5.78. The van der Waals surface area contributed by atoms with Crippen molar-refractivity contribution < 1.29 is 24.0 Å². The Morgan fingerprint density at radius 3 is 2.33 bits per heavy atom. The first-order chi connectivity index (χ1) is 8.71. The molecule has 0 aromatic heterocycles. The summed E-state index contributed by atoms with van der Waals surface area (Å²) in [6, 6.07) is -2.26. The average Bonchev–Trinajstić information content (AvgIpc) is 2.38. The fraction of sp³-hybridized carbons (Fsp3) is 0.600. The molecule has 0 aliphatic heterocycles. The van der Waals surface area contributed by atoms with Crippen molar-refractivity contribution in [3.05, 3.63) is 0 Å². The number of nitrogens with zero attached hydrogens (tertiary/aromatic N) is 3. The third-order valence-electron chi connectivity index (χ3n) is 2.04. The predicted molar refractivity (Wildman–Crippen MR) is 57.6 cm³/mol. The lowest BCUT2D eigenvalue weighted by atomic mass is 10.0. The van der Waals surface area contributed by atoms with Crippen LogP contribution in [-0.2, 0) is 24.0 Å². The number of carbonyl (C=O) groups excluding carboxylic acids is 4. The van der Waals surface area contributed by atoms with Gasteiger partial charge in [-0.1, -0.05) is 19.8 Å². The summed E-state index contributed by atoms with van der Waals surface area (Å²) in [5.41, 5.74) is 0. The molecule has 8 nitrogen and oxygen atoms in total. The molecule has 0 radical (unpaired) electrons. The maximum Gasteiger partial charge on any atom is 0.363 e. The van der Waals surface area contributed by atoms with Crippen LogP contribution in [0.2, 0.25) is 0 Å². The van der Waals surface area contributed by atoms with E-state index < -0.39 is 18.1 Å². The zero-order valence-corrected chi connectivity index (χ0v) is 9.66. The lowest BCUT2D eigenvalue weighted by molar-refractivity contribution is -0.145. The minimum Gasteiger partial charge on any atom is -0.304 e. The number of isocyanates is 3. The van der Waals surface area contributed by atoms with E-state index in [0.29, 0.717) is 12.8 Å². The van der Waals surface area contributed by atoms with Crippen molar-refractivity contribution in [2.75, 3.05) is 0 Å². The second-order valence-electron chi connectivity index (χ2n) is 3.19. The van der Waals surface area contributed by atoms with E-state index in [1.165, 1.54) is 12.2 Å². The molecule has 0 aromatic carbocycles. The molecule has 18 heavy (non-hydrogen) atoms. The summed E-state index contributed by atoms with van der Waals surface area (Å²) in [4.78, 5) is 52.4. The molecule has 0 fully saturated rings. The van der Waals surface area contributed by atoms with Gasteiger partial charge in [0.2, 0.25) is 12.2 Å². The smallest absolute Gasteiger partial charge is 0.304 e. The Morgan fingerprint density at radius 1 is 1.17 bits per heavy atom. The van der Waals surface area contributed by atoms with E-state index in [-0.39, 0.29) is 0 Å². The van der Waals surface area contributed by atoms with Crippen LogP contribution in [0.15, 0.2) is 15.1 Å². The van der Waals surface area contributed by atoms with Crippen molar-refractivity contribution >= 4 is 24.2 Å². The van der Waals surface area contributed by atoms with E-state index in [1.807, 2.05) is 6.92 Å². The molecule has 0 rings (SSSR count). The normalized spacial score (nSPS) is 12.1. The minimum absolute atomic E-state index is 0.335. The lowest BCUT2D eigenvalue weighted by Crippen LogP contribution is -2.32. The highest BCUT2D eigenvalue weighted by Gasteiger charge is 2.30. The second-order valence-corrected chi connectivity index (χ2v) is 3.19. The Labute approximate surface area is 102 Å². The third-order valence-corrected chi connectivity index (χ3v) is 2.04. The molecule has 0 aromatic rings. The molecule has 0 N–H and O–H groups in total. The molecule has 96 valence electrons. The van der Waals surface area contributed by atoms with E-state index >= 15 is 0 Å². The quantitative estimate of drug-likeness (QED) is 0.268. The molecular formula is C10H11N3O5. The first kappa shape index (κ1) is 15.6. The molecule has 0 heterocycles. The summed E-state index contributed by atoms with van der Waals surface area (Å²) < 4.78 is 0. The van der Waals surface area contributed by atoms with E-state index in [4.69, 9.17) is 0 Å². The first-order valence-electron chi connectivity index (χ1n) is 5.13. The Morgan fingerprint density at radius 2 is 1.83 bits per heavy atom. The molecule has 8 heteroatoms. The zero-order chi connectivity index (χ0) is 13.8. The van der Waals surface area contributed by atoms with Crippen LogP contribution in [0, 0.1) is 0 Å². The van der Waals surface area contributed by atoms with Gasteiger partial charge in [-0.3, -0.25) is 0 Å². The van der Waals surface area contributed by atoms with Crippen LogP contribution in [0.3, 0.4) is 0 Å². The number of unbranched alkanes of at least 4 members (excludes halogenated alkanes) is 1. The number of rotatable bonds is 8. The lowest BCUT2D eigenvalue weighted by Gasteiger charge is -2.14. The van der Waals surface area contributed by atoms with Crippen LogP contribution in [0.1, 0.15) is 26.2 Å². The summed E-state index contributed by atoms with van der Waals surface area (Å²) in [6.45, 7) is 1.90. The Kier molecular flexibility index (Phi) is 8.51. The van der Waals surface area contributed by atoms with Crippen molar-refractivity contribution in [2.45, 2.75) is 38.3 Å². The summed E-state index contributed by atoms with van der Waals surface area (Å²) in [7, 11) is 0. The maximum absolute atomic E-state index is 11.4. The molecule has 0 aliphatic carbocycles. The number of hydrogen-bond donors (Lipinski definition) is 0. The van der Waals surface area contributed by atoms with Gasteiger partial charge in [0.05, 0.1) is 6.04 Å². The van der Waals surface area contributed by atoms with Gasteiger partial charge in [0.1, 0.15) is 0 Å². The van der Waals surface area contributed by atoms with Gasteiger partial charge in [-0.25, -0.2) is 19.2 Å². The monoisotopic (exact) mass is 253 g/mol. The van der Waals surface area contributed by atoms with E-state index in [9.17, 15) is 19.2 Å². The molecule has 0 amide bonds. The minimum atomic E-state index is -1.37. The van der Waals surface area contributed by atoms with Gasteiger partial charge >= 0.3 is 5.97 Å². The summed E-state index contributed by atoms with van der Waals surface area (Å²) in [5.74, 6) is -1.08. The molecule has 2 unspecified atom stereocenters. The molecule has 2 atom stereocenters. The van der Waals surface area contributed by atoms with E-state index in [1.54, 1.807) is 0 Å². The van der Waals surface area contributed by atoms with Gasteiger partial charge in [0.15, 0.2) is 6.04 Å². The highest BCUT2D eigenvalue weighted by Crippen LogP contribution is 2.13. The van der Waals surface area contributed by atoms with Crippen molar-refractivity contribution in [1.82, 2.24) is 0 Å². The largest absolute Gasteiger partial charge is 0.363 e. The van der Waals surface area contributed by atoms with Gasteiger partial charge in [-0.2, -0.15) is 9.98 Å². The van der Waals surface area contributed by atoms with Crippen molar-refractivity contribution in [3.63, 3.8) is 0 Å². The number of aliphatic imine (C=N–C) groups is 2. The number of hydrogen-bond acceptors (Lipinski definition) is 8. The molecule has 0 bridgehead atoms. The summed E-state index contributed by atoms with van der Waals surface area (Å²) in [5, 5.41) is 2.61. The summed E-state index contributed by atoms with van der Waals surface area (Å²) >= 11 is 0. The van der Waals surface area contributed by atoms with Gasteiger partial charge in [-0.05, 0) is 6.42 Å². The highest BCUT2D eigenvalue weighted by atomic mass is 16.7. The van der Waals surface area contributed by atoms with Crippen molar-refractivity contribution in [3.8, 4) is 0 Å². The van der Waals surface area contributed by atoms with Crippen LogP contribution in [0.5, 0.6) is 0 Å². The Balaban J connectivity index is 4.99.